The van der Waals surface area contributed by atoms with Crippen LogP contribution in [-0.2, 0) is 16.1 Å². The SMILES string of the molecule is CCC1(C)OC(=O)N(Cc2ccc(F)cc2)C1=O. The van der Waals surface area contributed by atoms with Gasteiger partial charge in [-0.25, -0.2) is 14.1 Å². The summed E-state index contributed by atoms with van der Waals surface area (Å²) in [6.45, 7) is 3.48. The van der Waals surface area contributed by atoms with Crippen LogP contribution >= 0.6 is 0 Å². The van der Waals surface area contributed by atoms with E-state index in [2.05, 4.69) is 0 Å². The summed E-state index contributed by atoms with van der Waals surface area (Å²) < 4.78 is 17.8. The number of cyclic esters (lactones) is 1. The van der Waals surface area contributed by atoms with Gasteiger partial charge in [-0.05, 0) is 31.0 Å². The van der Waals surface area contributed by atoms with E-state index in [-0.39, 0.29) is 18.3 Å². The van der Waals surface area contributed by atoms with Crippen LogP contribution in [0.2, 0.25) is 0 Å². The maximum absolute atomic E-state index is 12.8. The first-order chi connectivity index (χ1) is 8.46. The molecule has 1 heterocycles. The molecule has 1 unspecified atom stereocenters. The normalized spacial score (nSPS) is 23.4. The Bertz CT molecular complexity index is 486. The van der Waals surface area contributed by atoms with E-state index < -0.39 is 11.7 Å². The van der Waals surface area contributed by atoms with E-state index in [1.165, 1.54) is 24.3 Å². The van der Waals surface area contributed by atoms with E-state index in [1.54, 1.807) is 13.8 Å². The fraction of sp³-hybridized carbons (Fsp3) is 0.385. The molecule has 1 aromatic carbocycles. The van der Waals surface area contributed by atoms with Crippen LogP contribution in [0.3, 0.4) is 0 Å². The number of imide groups is 1. The number of rotatable bonds is 3. The van der Waals surface area contributed by atoms with Gasteiger partial charge in [0.2, 0.25) is 0 Å². The summed E-state index contributed by atoms with van der Waals surface area (Å²) in [4.78, 5) is 24.7. The lowest BCUT2D eigenvalue weighted by atomic mass is 10.0. The molecule has 0 saturated carbocycles. The average Bonchev–Trinajstić information content (AvgIpc) is 2.56. The Morgan fingerprint density at radius 1 is 1.28 bits per heavy atom. The Labute approximate surface area is 104 Å². The summed E-state index contributed by atoms with van der Waals surface area (Å²) in [5.41, 5.74) is -0.390. The highest BCUT2D eigenvalue weighted by Crippen LogP contribution is 2.28. The second-order valence-electron chi connectivity index (χ2n) is 4.47. The topological polar surface area (TPSA) is 46.6 Å². The molecular weight excluding hydrogens is 237 g/mol. The molecule has 0 spiro atoms. The van der Waals surface area contributed by atoms with Crippen LogP contribution in [0.25, 0.3) is 0 Å². The highest BCUT2D eigenvalue weighted by Gasteiger charge is 2.49. The minimum Gasteiger partial charge on any atom is -0.433 e. The molecule has 4 nitrogen and oxygen atoms in total. The number of hydrogen-bond donors (Lipinski definition) is 0. The number of carbonyl (C=O) groups is 2. The summed E-state index contributed by atoms with van der Waals surface area (Å²) >= 11 is 0. The van der Waals surface area contributed by atoms with E-state index in [4.69, 9.17) is 4.74 Å². The molecular formula is C13H14FNO3. The molecule has 96 valence electrons. The van der Waals surface area contributed by atoms with Crippen LogP contribution in [0.5, 0.6) is 0 Å². The van der Waals surface area contributed by atoms with Crippen molar-refractivity contribution in [1.29, 1.82) is 0 Å². The molecule has 18 heavy (non-hydrogen) atoms. The summed E-state index contributed by atoms with van der Waals surface area (Å²) in [7, 11) is 0. The van der Waals surface area contributed by atoms with Crippen LogP contribution in [0.4, 0.5) is 9.18 Å². The number of hydrogen-bond acceptors (Lipinski definition) is 3. The van der Waals surface area contributed by atoms with Crippen molar-refractivity contribution in [3.63, 3.8) is 0 Å². The molecule has 0 aromatic heterocycles. The molecule has 0 radical (unpaired) electrons. The smallest absolute Gasteiger partial charge is 0.418 e. The predicted molar refractivity (Wildman–Crippen MR) is 62.1 cm³/mol. The van der Waals surface area contributed by atoms with Gasteiger partial charge < -0.3 is 4.74 Å². The zero-order valence-electron chi connectivity index (χ0n) is 10.3. The first-order valence-corrected chi connectivity index (χ1v) is 5.75. The summed E-state index contributed by atoms with van der Waals surface area (Å²) in [5.74, 6) is -0.702. The molecule has 1 saturated heterocycles. The van der Waals surface area contributed by atoms with Crippen LogP contribution in [0.1, 0.15) is 25.8 Å². The molecule has 1 aliphatic heterocycles. The van der Waals surface area contributed by atoms with Crippen molar-refractivity contribution in [3.05, 3.63) is 35.6 Å². The lowest BCUT2D eigenvalue weighted by molar-refractivity contribution is -0.136. The van der Waals surface area contributed by atoms with Crippen molar-refractivity contribution in [2.45, 2.75) is 32.4 Å². The summed E-state index contributed by atoms with van der Waals surface area (Å²) in [5, 5.41) is 0. The Balaban J connectivity index is 2.17. The lowest BCUT2D eigenvalue weighted by Crippen LogP contribution is -2.37. The zero-order valence-corrected chi connectivity index (χ0v) is 10.3. The molecule has 0 N–H and O–H groups in total. The van der Waals surface area contributed by atoms with Gasteiger partial charge in [-0.15, -0.1) is 0 Å². The Morgan fingerprint density at radius 3 is 2.39 bits per heavy atom. The fourth-order valence-electron chi connectivity index (χ4n) is 1.79. The maximum atomic E-state index is 12.8. The van der Waals surface area contributed by atoms with Gasteiger partial charge in [0.05, 0.1) is 6.54 Å². The minimum absolute atomic E-state index is 0.105. The average molecular weight is 251 g/mol. The number of ether oxygens (including phenoxy) is 1. The van der Waals surface area contributed by atoms with Gasteiger partial charge in [-0.3, -0.25) is 4.79 Å². The van der Waals surface area contributed by atoms with Crippen molar-refractivity contribution >= 4 is 12.0 Å². The second-order valence-corrected chi connectivity index (χ2v) is 4.47. The number of benzene rings is 1. The van der Waals surface area contributed by atoms with Crippen molar-refractivity contribution in [1.82, 2.24) is 4.90 Å². The summed E-state index contributed by atoms with van der Waals surface area (Å²) in [6.07, 6.45) is -0.217. The quantitative estimate of drug-likeness (QED) is 0.829. The van der Waals surface area contributed by atoms with Crippen LogP contribution in [0.15, 0.2) is 24.3 Å². The molecule has 5 heteroatoms. The molecule has 1 fully saturated rings. The minimum atomic E-state index is -1.07. The van der Waals surface area contributed by atoms with E-state index >= 15 is 0 Å². The highest BCUT2D eigenvalue weighted by atomic mass is 19.1. The Kier molecular flexibility index (Phi) is 3.07. The van der Waals surface area contributed by atoms with Crippen molar-refractivity contribution in [3.8, 4) is 0 Å². The molecule has 1 aromatic rings. The molecule has 0 aliphatic carbocycles. The number of nitrogens with zero attached hydrogens (tertiary/aromatic N) is 1. The molecule has 0 bridgehead atoms. The van der Waals surface area contributed by atoms with Crippen LogP contribution < -0.4 is 0 Å². The van der Waals surface area contributed by atoms with Gasteiger partial charge >= 0.3 is 6.09 Å². The predicted octanol–water partition coefficient (Wildman–Crippen LogP) is 2.47. The van der Waals surface area contributed by atoms with Gasteiger partial charge in [0.25, 0.3) is 5.91 Å². The van der Waals surface area contributed by atoms with E-state index in [9.17, 15) is 14.0 Å². The second kappa shape index (κ2) is 4.40. The van der Waals surface area contributed by atoms with Crippen LogP contribution in [0, 0.1) is 5.82 Å². The van der Waals surface area contributed by atoms with E-state index in [0.717, 1.165) is 4.90 Å². The monoisotopic (exact) mass is 251 g/mol. The third kappa shape index (κ3) is 2.08. The van der Waals surface area contributed by atoms with Gasteiger partial charge in [-0.2, -0.15) is 0 Å². The van der Waals surface area contributed by atoms with Gasteiger partial charge in [0, 0.05) is 0 Å². The van der Waals surface area contributed by atoms with Gasteiger partial charge in [0.15, 0.2) is 5.60 Å². The van der Waals surface area contributed by atoms with Crippen molar-refractivity contribution in [2.75, 3.05) is 0 Å². The van der Waals surface area contributed by atoms with E-state index in [1.807, 2.05) is 0 Å². The third-order valence-electron chi connectivity index (χ3n) is 3.16. The highest BCUT2D eigenvalue weighted by molar-refractivity contribution is 6.02. The Hall–Kier alpha value is -1.91. The lowest BCUT2D eigenvalue weighted by Gasteiger charge is -2.17. The zero-order chi connectivity index (χ0) is 13.3. The molecule has 2 rings (SSSR count). The van der Waals surface area contributed by atoms with Crippen LogP contribution in [-0.4, -0.2) is 22.5 Å². The first-order valence-electron chi connectivity index (χ1n) is 5.75. The van der Waals surface area contributed by atoms with Gasteiger partial charge in [-0.1, -0.05) is 19.1 Å². The number of carbonyl (C=O) groups excluding carboxylic acids is 2. The maximum Gasteiger partial charge on any atom is 0.418 e. The Morgan fingerprint density at radius 2 is 1.89 bits per heavy atom. The third-order valence-corrected chi connectivity index (χ3v) is 3.16. The molecule has 2 amide bonds. The molecule has 1 atom stereocenters. The van der Waals surface area contributed by atoms with Gasteiger partial charge in [0.1, 0.15) is 5.82 Å². The summed E-state index contributed by atoms with van der Waals surface area (Å²) in [6, 6.07) is 5.66. The first kappa shape index (κ1) is 12.5. The molecule has 1 aliphatic rings. The van der Waals surface area contributed by atoms with Crippen molar-refractivity contribution < 1.29 is 18.7 Å². The fourth-order valence-corrected chi connectivity index (χ4v) is 1.79. The number of amides is 2. The largest absolute Gasteiger partial charge is 0.433 e. The van der Waals surface area contributed by atoms with Crippen molar-refractivity contribution in [2.24, 2.45) is 0 Å². The standard InChI is InChI=1S/C13H14FNO3/c1-3-13(2)11(16)15(12(17)18-13)8-9-4-6-10(14)7-5-9/h4-7H,3,8H2,1-2H3. The number of halogens is 1. The van der Waals surface area contributed by atoms with E-state index in [0.29, 0.717) is 12.0 Å².